The number of aliphatic hydroxyl groups is 5. The molecular formula is C46H87NO8. The van der Waals surface area contributed by atoms with Crippen LogP contribution in [0.2, 0.25) is 0 Å². The lowest BCUT2D eigenvalue weighted by molar-refractivity contribution is -0.302. The van der Waals surface area contributed by atoms with Crippen molar-refractivity contribution in [2.45, 2.75) is 249 Å². The number of unbranched alkanes of at least 4 members (excludes halogenated alkanes) is 24. The number of rotatable bonds is 38. The fourth-order valence-corrected chi connectivity index (χ4v) is 7.27. The van der Waals surface area contributed by atoms with Gasteiger partial charge in [-0.2, -0.15) is 0 Å². The summed E-state index contributed by atoms with van der Waals surface area (Å²) in [6.45, 7) is 3.76. The first-order valence-electron chi connectivity index (χ1n) is 23.0. The lowest BCUT2D eigenvalue weighted by Gasteiger charge is -2.40. The van der Waals surface area contributed by atoms with Gasteiger partial charge in [0.1, 0.15) is 24.4 Å². The van der Waals surface area contributed by atoms with Gasteiger partial charge in [0.25, 0.3) is 0 Å². The highest BCUT2D eigenvalue weighted by atomic mass is 16.7. The van der Waals surface area contributed by atoms with E-state index in [1.165, 1.54) is 135 Å². The van der Waals surface area contributed by atoms with E-state index in [1.807, 2.05) is 0 Å². The van der Waals surface area contributed by atoms with Gasteiger partial charge in [0.15, 0.2) is 6.29 Å². The van der Waals surface area contributed by atoms with Crippen molar-refractivity contribution >= 4 is 5.91 Å². The summed E-state index contributed by atoms with van der Waals surface area (Å²) in [5.41, 5.74) is 0. The summed E-state index contributed by atoms with van der Waals surface area (Å²) in [7, 11) is 0. The van der Waals surface area contributed by atoms with E-state index in [9.17, 15) is 30.3 Å². The number of hydrogen-bond acceptors (Lipinski definition) is 8. The van der Waals surface area contributed by atoms with E-state index in [-0.39, 0.29) is 12.5 Å². The van der Waals surface area contributed by atoms with Gasteiger partial charge in [0, 0.05) is 6.42 Å². The highest BCUT2D eigenvalue weighted by molar-refractivity contribution is 5.76. The molecule has 1 heterocycles. The minimum Gasteiger partial charge on any atom is -0.394 e. The van der Waals surface area contributed by atoms with Crippen molar-refractivity contribution in [3.63, 3.8) is 0 Å². The number of carbonyl (C=O) groups is 1. The molecule has 1 aliphatic heterocycles. The van der Waals surface area contributed by atoms with E-state index in [1.54, 1.807) is 0 Å². The van der Waals surface area contributed by atoms with Crippen molar-refractivity contribution in [2.24, 2.45) is 0 Å². The van der Waals surface area contributed by atoms with Crippen molar-refractivity contribution in [3.05, 3.63) is 24.3 Å². The zero-order valence-corrected chi connectivity index (χ0v) is 35.4. The zero-order chi connectivity index (χ0) is 40.2. The van der Waals surface area contributed by atoms with Crippen LogP contribution >= 0.6 is 0 Å². The fraction of sp³-hybridized carbons (Fsp3) is 0.891. The first kappa shape index (κ1) is 51.7. The summed E-state index contributed by atoms with van der Waals surface area (Å²) >= 11 is 0. The van der Waals surface area contributed by atoms with Crippen LogP contribution in [0.5, 0.6) is 0 Å². The highest BCUT2D eigenvalue weighted by Crippen LogP contribution is 2.23. The third kappa shape index (κ3) is 27.9. The SMILES string of the molecule is CCCCC/C=C/CCCC[C@@H](O)[C@H](CO[C@H]1O[C@@H](CO)[C@H](O)C(O)C1O)NC(=O)CCCCCCCCCCCCCCC/C=C/CCCCCCCC. The predicted octanol–water partition coefficient (Wildman–Crippen LogP) is 9.50. The lowest BCUT2D eigenvalue weighted by atomic mass is 9.99. The molecule has 0 aliphatic carbocycles. The Bertz CT molecular complexity index is 914. The van der Waals surface area contributed by atoms with Gasteiger partial charge in [-0.15, -0.1) is 0 Å². The van der Waals surface area contributed by atoms with E-state index >= 15 is 0 Å². The third-order valence-electron chi connectivity index (χ3n) is 11.0. The molecule has 0 bridgehead atoms. The molecule has 1 saturated heterocycles. The summed E-state index contributed by atoms with van der Waals surface area (Å²) in [5, 5.41) is 54.1. The van der Waals surface area contributed by atoms with Crippen molar-refractivity contribution in [1.82, 2.24) is 5.32 Å². The largest absolute Gasteiger partial charge is 0.394 e. The van der Waals surface area contributed by atoms with E-state index in [4.69, 9.17) is 9.47 Å². The highest BCUT2D eigenvalue weighted by Gasteiger charge is 2.44. The van der Waals surface area contributed by atoms with Gasteiger partial charge in [-0.05, 0) is 64.2 Å². The number of allylic oxidation sites excluding steroid dienone is 4. The topological polar surface area (TPSA) is 149 Å². The Labute approximate surface area is 337 Å². The Morgan fingerprint density at radius 1 is 0.600 bits per heavy atom. The maximum Gasteiger partial charge on any atom is 0.220 e. The van der Waals surface area contributed by atoms with Gasteiger partial charge in [-0.3, -0.25) is 4.79 Å². The van der Waals surface area contributed by atoms with Crippen LogP contribution in [-0.2, 0) is 14.3 Å². The van der Waals surface area contributed by atoms with Crippen LogP contribution in [-0.4, -0.2) is 87.5 Å². The molecule has 55 heavy (non-hydrogen) atoms. The second-order valence-corrected chi connectivity index (χ2v) is 16.2. The molecule has 1 rings (SSSR count). The molecule has 324 valence electrons. The number of amides is 1. The Morgan fingerprint density at radius 3 is 1.51 bits per heavy atom. The van der Waals surface area contributed by atoms with Gasteiger partial charge in [0.2, 0.25) is 5.91 Å². The van der Waals surface area contributed by atoms with Crippen LogP contribution in [0.25, 0.3) is 0 Å². The molecule has 1 fully saturated rings. The number of nitrogens with one attached hydrogen (secondary N) is 1. The van der Waals surface area contributed by atoms with Gasteiger partial charge < -0.3 is 40.3 Å². The van der Waals surface area contributed by atoms with Crippen LogP contribution in [0.4, 0.5) is 0 Å². The van der Waals surface area contributed by atoms with Crippen LogP contribution in [0.1, 0.15) is 206 Å². The quantitative estimate of drug-likeness (QED) is 0.0268. The molecule has 2 unspecified atom stereocenters. The molecule has 1 aliphatic rings. The molecular weight excluding hydrogens is 695 g/mol. The number of ether oxygens (including phenoxy) is 2. The van der Waals surface area contributed by atoms with Gasteiger partial charge in [-0.1, -0.05) is 160 Å². The maximum atomic E-state index is 12.9. The molecule has 0 aromatic rings. The zero-order valence-electron chi connectivity index (χ0n) is 35.4. The molecule has 7 atom stereocenters. The number of carbonyl (C=O) groups excluding carboxylic acids is 1. The normalized spacial score (nSPS) is 21.5. The molecule has 9 heteroatoms. The Hall–Kier alpha value is -1.33. The second-order valence-electron chi connectivity index (χ2n) is 16.2. The Kier molecular flexibility index (Phi) is 34.7. The fourth-order valence-electron chi connectivity index (χ4n) is 7.27. The molecule has 1 amide bonds. The van der Waals surface area contributed by atoms with Gasteiger partial charge in [-0.25, -0.2) is 0 Å². The molecule has 6 N–H and O–H groups in total. The van der Waals surface area contributed by atoms with Crippen LogP contribution in [0.15, 0.2) is 24.3 Å². The minimum absolute atomic E-state index is 0.149. The van der Waals surface area contributed by atoms with Crippen molar-refractivity contribution in [1.29, 1.82) is 0 Å². The molecule has 9 nitrogen and oxygen atoms in total. The molecule has 0 aromatic carbocycles. The molecule has 0 radical (unpaired) electrons. The average molecular weight is 782 g/mol. The van der Waals surface area contributed by atoms with Crippen molar-refractivity contribution in [3.8, 4) is 0 Å². The molecule has 0 spiro atoms. The third-order valence-corrected chi connectivity index (χ3v) is 11.0. The Balaban J connectivity index is 2.22. The Morgan fingerprint density at radius 2 is 1.02 bits per heavy atom. The van der Waals surface area contributed by atoms with Crippen LogP contribution in [0.3, 0.4) is 0 Å². The first-order chi connectivity index (χ1) is 26.8. The summed E-state index contributed by atoms with van der Waals surface area (Å²) in [5.74, 6) is -0.156. The van der Waals surface area contributed by atoms with E-state index in [0.717, 1.165) is 44.9 Å². The van der Waals surface area contributed by atoms with E-state index in [2.05, 4.69) is 43.5 Å². The first-order valence-corrected chi connectivity index (χ1v) is 23.0. The minimum atomic E-state index is -1.55. The average Bonchev–Trinajstić information content (AvgIpc) is 3.18. The molecule has 0 aromatic heterocycles. The maximum absolute atomic E-state index is 12.9. The summed E-state index contributed by atoms with van der Waals surface area (Å²) in [6, 6.07) is -0.730. The van der Waals surface area contributed by atoms with E-state index < -0.39 is 49.5 Å². The smallest absolute Gasteiger partial charge is 0.220 e. The van der Waals surface area contributed by atoms with Gasteiger partial charge >= 0.3 is 0 Å². The van der Waals surface area contributed by atoms with Crippen molar-refractivity contribution < 1.29 is 39.8 Å². The van der Waals surface area contributed by atoms with Crippen molar-refractivity contribution in [2.75, 3.05) is 13.2 Å². The van der Waals surface area contributed by atoms with Gasteiger partial charge in [0.05, 0.1) is 25.4 Å². The van der Waals surface area contributed by atoms with E-state index in [0.29, 0.717) is 12.8 Å². The standard InChI is InChI=1S/C46H87NO8/c1-3-5-7-9-11-13-14-15-16-17-18-19-20-21-22-23-24-25-26-28-30-32-34-36-42(50)47-39(40(49)35-33-31-29-27-12-10-8-6-4-2)38-54-46-45(53)44(52)43(51)41(37-48)55-46/h12,15-16,27,39-41,43-46,48-49,51-53H,3-11,13-14,17-26,28-38H2,1-2H3,(H,47,50)/b16-15+,27-12+/t39-,40+,41-,43-,44?,45?,46-/m0/s1. The molecule has 0 saturated carbocycles. The summed E-state index contributed by atoms with van der Waals surface area (Å²) < 4.78 is 11.2. The monoisotopic (exact) mass is 782 g/mol. The predicted molar refractivity (Wildman–Crippen MR) is 226 cm³/mol. The van der Waals surface area contributed by atoms with Crippen LogP contribution < -0.4 is 5.32 Å². The second kappa shape index (κ2) is 37.0. The lowest BCUT2D eigenvalue weighted by Crippen LogP contribution is -2.60. The summed E-state index contributed by atoms with van der Waals surface area (Å²) in [6.07, 6.45) is 36.4. The number of aliphatic hydroxyl groups excluding tert-OH is 5. The summed E-state index contributed by atoms with van der Waals surface area (Å²) in [4.78, 5) is 12.9. The van der Waals surface area contributed by atoms with Crippen LogP contribution in [0, 0.1) is 0 Å². The number of hydrogen-bond donors (Lipinski definition) is 6.